The lowest BCUT2D eigenvalue weighted by Gasteiger charge is -2.35. The van der Waals surface area contributed by atoms with Crippen LogP contribution in [-0.2, 0) is 57.4 Å². The molecule has 3 aliphatic heterocycles. The number of amides is 10. The summed E-state index contributed by atoms with van der Waals surface area (Å²) in [5, 5.41) is 18.2. The van der Waals surface area contributed by atoms with Crippen molar-refractivity contribution in [2.45, 2.75) is 170 Å². The number of nitrogens with one attached hydrogen (secondary N) is 5. The highest BCUT2D eigenvalue weighted by Gasteiger charge is 2.48. The molecule has 2 saturated heterocycles. The van der Waals surface area contributed by atoms with Crippen LogP contribution in [0.2, 0.25) is 0 Å². The van der Waals surface area contributed by atoms with E-state index in [-0.39, 0.29) is 33.7 Å². The van der Waals surface area contributed by atoms with Crippen molar-refractivity contribution in [3.63, 3.8) is 0 Å². The van der Waals surface area contributed by atoms with E-state index in [4.69, 9.17) is 29.8 Å². The molecule has 30 nitrogen and oxygen atoms in total. The predicted molar refractivity (Wildman–Crippen MR) is 342 cm³/mol. The third-order valence-electron chi connectivity index (χ3n) is 18.5. The molecule has 520 valence electrons. The van der Waals surface area contributed by atoms with Crippen molar-refractivity contribution < 1.29 is 81.4 Å². The number of aromatic nitrogens is 1. The molecule has 1 aromatic carbocycles. The number of hydrogen-bond donors (Lipinski definition) is 8. The zero-order valence-electron chi connectivity index (χ0n) is 56.8. The van der Waals surface area contributed by atoms with E-state index in [1.165, 1.54) is 76.4 Å². The van der Waals surface area contributed by atoms with Crippen molar-refractivity contribution in [1.82, 2.24) is 51.3 Å². The second-order valence-corrected chi connectivity index (χ2v) is 26.7. The number of rotatable bonds is 8. The summed E-state index contributed by atoms with van der Waals surface area (Å²) in [7, 11) is 5.66. The number of hydroxylamine groups is 1. The van der Waals surface area contributed by atoms with Crippen molar-refractivity contribution in [3.8, 4) is 11.5 Å². The smallest absolute Gasteiger partial charge is 0.335 e. The zero-order valence-corrected chi connectivity index (χ0v) is 56.8. The van der Waals surface area contributed by atoms with Gasteiger partial charge in [0.05, 0.1) is 42.0 Å². The van der Waals surface area contributed by atoms with E-state index in [0.717, 1.165) is 9.80 Å². The predicted octanol–water partition coefficient (Wildman–Crippen LogP) is 1.76. The summed E-state index contributed by atoms with van der Waals surface area (Å²) in [6.07, 6.45) is -0.654. The number of anilines is 1. The number of ether oxygens (including phenoxy) is 2. The number of carbonyl (C=O) groups is 13. The number of ketones is 2. The topological polar surface area (TPSA) is 429 Å². The van der Waals surface area contributed by atoms with Crippen LogP contribution in [0.1, 0.15) is 140 Å². The third-order valence-corrected chi connectivity index (χ3v) is 18.5. The number of primary amides is 1. The number of hydrogen-bond acceptors (Lipinski definition) is 20. The SMILES string of the molecule is Cc1c2oc3c(C)ccc(C(=O)NC4C(=O)NC(C(C)C)C(=O)C5CCCC5C(=O)N(C)CC(=O)N(C)C(C(C)C)C(=O)OC4C)c3nc-2c(C(=O)NC2C(=O)NC(C(C)C)C(=O)C3CCCC3C(=O)N(C)CC(=O)N(C)C(C(C)C)C(=O)OC2C)c(N)c1=O.NC(=O)NO. The van der Waals surface area contributed by atoms with Crippen LogP contribution in [0, 0.1) is 61.2 Å². The van der Waals surface area contributed by atoms with E-state index in [1.807, 2.05) is 0 Å². The van der Waals surface area contributed by atoms with Crippen molar-refractivity contribution in [3.05, 3.63) is 44.6 Å². The van der Waals surface area contributed by atoms with E-state index in [1.54, 1.807) is 62.3 Å². The molecule has 95 heavy (non-hydrogen) atoms. The van der Waals surface area contributed by atoms with Crippen LogP contribution in [-0.4, -0.2) is 196 Å². The van der Waals surface area contributed by atoms with Gasteiger partial charge in [0.1, 0.15) is 47.6 Å². The van der Waals surface area contributed by atoms with Crippen LogP contribution >= 0.6 is 0 Å². The molecule has 0 bridgehead atoms. The number of esters is 2. The second-order valence-electron chi connectivity index (χ2n) is 26.7. The van der Waals surface area contributed by atoms with Gasteiger partial charge in [-0.05, 0) is 88.7 Å². The fraction of sp³-hybridized carbons (Fsp3) is 0.615. The first-order valence-electron chi connectivity index (χ1n) is 32.0. The third kappa shape index (κ3) is 16.2. The Morgan fingerprint density at radius 1 is 0.621 bits per heavy atom. The minimum atomic E-state index is -1.86. The molecule has 10 amide bonds. The summed E-state index contributed by atoms with van der Waals surface area (Å²) in [6.45, 7) is 18.3. The zero-order chi connectivity index (χ0) is 71.3. The Balaban J connectivity index is 0.00000275. The Hall–Kier alpha value is -9.09. The first-order chi connectivity index (χ1) is 44.4. The van der Waals surface area contributed by atoms with Gasteiger partial charge in [0.15, 0.2) is 22.9 Å². The van der Waals surface area contributed by atoms with Gasteiger partial charge in [0.2, 0.25) is 40.9 Å². The lowest BCUT2D eigenvalue weighted by atomic mass is 9.83. The molecule has 12 atom stereocenters. The van der Waals surface area contributed by atoms with Crippen molar-refractivity contribution in [2.24, 2.45) is 53.1 Å². The van der Waals surface area contributed by atoms with Crippen LogP contribution in [0.25, 0.3) is 22.6 Å². The first-order valence-corrected chi connectivity index (χ1v) is 32.0. The summed E-state index contributed by atoms with van der Waals surface area (Å²) in [6, 6.07) is -6.65. The second kappa shape index (κ2) is 31.0. The fourth-order valence-corrected chi connectivity index (χ4v) is 13.2. The molecule has 0 radical (unpaired) electrons. The van der Waals surface area contributed by atoms with E-state index >= 15 is 9.59 Å². The van der Waals surface area contributed by atoms with E-state index in [0.29, 0.717) is 44.1 Å². The van der Waals surface area contributed by atoms with Crippen molar-refractivity contribution in [1.29, 1.82) is 0 Å². The molecule has 0 aromatic heterocycles. The highest BCUT2D eigenvalue weighted by Crippen LogP contribution is 2.39. The maximum Gasteiger partial charge on any atom is 0.335 e. The molecule has 4 fully saturated rings. The average molecular weight is 1330 g/mol. The largest absolute Gasteiger partial charge is 0.458 e. The van der Waals surface area contributed by atoms with E-state index in [2.05, 4.69) is 27.0 Å². The summed E-state index contributed by atoms with van der Waals surface area (Å²) < 4.78 is 18.3. The number of benzene rings is 2. The number of Topliss-reactive ketones (excluding diaryl/α,β-unsaturated/α-hetero) is 2. The molecule has 1 aromatic rings. The van der Waals surface area contributed by atoms with Crippen molar-refractivity contribution >= 4 is 93.6 Å². The number of likely N-dealkylation sites (N-methyl/N-ethyl adjacent to an activating group) is 4. The number of cyclic esters (lactones) is 2. The minimum absolute atomic E-state index is 0.0668. The average Bonchev–Trinajstić information content (AvgIpc) is 1.60. The van der Waals surface area contributed by atoms with Gasteiger partial charge in [-0.25, -0.2) is 24.8 Å². The Morgan fingerprint density at radius 2 is 1.02 bits per heavy atom. The van der Waals surface area contributed by atoms with Gasteiger partial charge in [0, 0.05) is 57.4 Å². The summed E-state index contributed by atoms with van der Waals surface area (Å²) in [5.74, 6) is -14.9. The summed E-state index contributed by atoms with van der Waals surface area (Å²) in [4.78, 5) is 206. The molecule has 3 aliphatic carbocycles. The number of urea groups is 1. The molecule has 3 heterocycles. The summed E-state index contributed by atoms with van der Waals surface area (Å²) in [5.41, 5.74) is 9.13. The molecule has 7 rings (SSSR count). The number of nitrogens with two attached hydrogens (primary N) is 2. The summed E-state index contributed by atoms with van der Waals surface area (Å²) >= 11 is 0. The van der Waals surface area contributed by atoms with Crippen LogP contribution in [0.15, 0.2) is 21.3 Å². The van der Waals surface area contributed by atoms with E-state index < -0.39 is 202 Å². The van der Waals surface area contributed by atoms with Crippen LogP contribution in [0.3, 0.4) is 0 Å². The Morgan fingerprint density at radius 3 is 1.41 bits per heavy atom. The molecule has 10 N–H and O–H groups in total. The van der Waals surface area contributed by atoms with Gasteiger partial charge < -0.3 is 66.2 Å². The van der Waals surface area contributed by atoms with Crippen molar-refractivity contribution in [2.75, 3.05) is 47.0 Å². The number of aryl methyl sites for hydroxylation is 1. The van der Waals surface area contributed by atoms with E-state index in [9.17, 15) is 57.5 Å². The maximum absolute atomic E-state index is 15.2. The van der Waals surface area contributed by atoms with Crippen LogP contribution < -0.4 is 43.6 Å². The van der Waals surface area contributed by atoms with Gasteiger partial charge in [-0.15, -0.1) is 0 Å². The van der Waals surface area contributed by atoms with Gasteiger partial charge in [-0.2, -0.15) is 0 Å². The Kier molecular flexibility index (Phi) is 24.4. The first kappa shape index (κ1) is 74.9. The van der Waals surface area contributed by atoms with Crippen LogP contribution in [0.4, 0.5) is 10.5 Å². The van der Waals surface area contributed by atoms with Gasteiger partial charge >= 0.3 is 18.0 Å². The molecule has 2 saturated carbocycles. The standard InChI is InChI=1S/C64H88N10O16.CH4N2O2/c1-27(2)44-53(78)35-19-17-21-37(35)61(84)71(13)25-40(75)73(15)50(29(5)6)63(86)88-33(11)46(59(82)67-44)69-57(80)39-24-23-31(9)55-48(39)66-49-42(43(65)52(77)32(10)56(49)90-55)58(81)70-47-34(12)89-64(87)51(30(7)8)74(16)41(76)26-72(14)62(85)38-22-18-20-36(38)54(79)45(28(3)4)68-60(47)83;2-1(4)3-5/h23-24,27-30,33-38,44-47,50-51H,17-22,25-26,65H2,1-16H3,(H,67,82)(H,68,83)(H,69,80)(H,70,81);5H,(H3,2,3,4). The normalized spacial score (nSPS) is 26.7. The number of nitrogens with zero attached hydrogens (tertiary/aromatic N) is 5. The molecular weight excluding hydrogens is 1240 g/mol. The number of carbonyl (C=O) groups excluding carboxylic acids is 13. The monoisotopic (exact) mass is 1330 g/mol. The highest BCUT2D eigenvalue weighted by molar-refractivity contribution is 6.10. The molecule has 6 aliphatic rings. The molecule has 12 unspecified atom stereocenters. The minimum Gasteiger partial charge on any atom is -0.458 e. The molecule has 0 spiro atoms. The molecule has 30 heteroatoms. The van der Waals surface area contributed by atoms with Gasteiger partial charge in [0.25, 0.3) is 11.8 Å². The Bertz CT molecular complexity index is 3550. The van der Waals surface area contributed by atoms with Gasteiger partial charge in [-0.1, -0.05) is 74.3 Å². The fourth-order valence-electron chi connectivity index (χ4n) is 13.2. The number of fused-ring (bicyclic) bond motifs is 4. The van der Waals surface area contributed by atoms with Gasteiger partial charge in [-0.3, -0.25) is 57.9 Å². The lowest BCUT2D eigenvalue weighted by molar-refractivity contribution is -0.163. The maximum atomic E-state index is 15.2. The Labute approximate surface area is 550 Å². The highest BCUT2D eigenvalue weighted by atomic mass is 16.6. The quantitative estimate of drug-likeness (QED) is 0.0523. The lowest BCUT2D eigenvalue weighted by Crippen LogP contribution is -2.59. The molecular formula is C65H92N12O18. The van der Waals surface area contributed by atoms with Crippen LogP contribution in [0.5, 0.6) is 0 Å². The number of nitrogen functional groups attached to an aromatic ring is 1.